The van der Waals surface area contributed by atoms with Gasteiger partial charge in [0.2, 0.25) is 5.91 Å². The average molecular weight is 371 g/mol. The zero-order valence-electron chi connectivity index (χ0n) is 14.3. The summed E-state index contributed by atoms with van der Waals surface area (Å²) in [7, 11) is -2.88. The van der Waals surface area contributed by atoms with Crippen LogP contribution in [0.2, 0.25) is 0 Å². The van der Waals surface area contributed by atoms with Gasteiger partial charge in [0, 0.05) is 17.5 Å². The third-order valence-corrected chi connectivity index (χ3v) is 7.43. The summed E-state index contributed by atoms with van der Waals surface area (Å²) in [5, 5.41) is 2.96. The van der Waals surface area contributed by atoms with Crippen LogP contribution in [0.15, 0.2) is 24.3 Å². The number of hydrogen-bond acceptors (Lipinski definition) is 5. The molecule has 1 N–H and O–H groups in total. The van der Waals surface area contributed by atoms with Crippen LogP contribution in [-0.2, 0) is 21.2 Å². The predicted molar refractivity (Wildman–Crippen MR) is 101 cm³/mol. The van der Waals surface area contributed by atoms with Crippen LogP contribution in [0.25, 0.3) is 0 Å². The fraction of sp³-hybridized carbons (Fsp3) is 0.588. The number of nitrogens with zero attached hydrogens (tertiary/aromatic N) is 1. The second-order valence-electron chi connectivity index (χ2n) is 6.05. The van der Waals surface area contributed by atoms with Crippen LogP contribution in [0.3, 0.4) is 0 Å². The van der Waals surface area contributed by atoms with Crippen molar-refractivity contribution in [1.82, 2.24) is 4.90 Å². The Morgan fingerprint density at radius 1 is 1.33 bits per heavy atom. The van der Waals surface area contributed by atoms with E-state index >= 15 is 0 Å². The van der Waals surface area contributed by atoms with Crippen LogP contribution < -0.4 is 5.32 Å². The maximum atomic E-state index is 12.1. The number of sulfone groups is 1. The molecule has 7 heteroatoms. The highest BCUT2D eigenvalue weighted by atomic mass is 32.2. The quantitative estimate of drug-likeness (QED) is 0.761. The maximum Gasteiger partial charge on any atom is 0.234 e. The third kappa shape index (κ3) is 6.11. The van der Waals surface area contributed by atoms with Gasteiger partial charge in [-0.05, 0) is 37.2 Å². The number of amides is 1. The molecule has 1 aromatic rings. The summed E-state index contributed by atoms with van der Waals surface area (Å²) >= 11 is 1.44. The molecule has 1 heterocycles. The van der Waals surface area contributed by atoms with Gasteiger partial charge in [-0.2, -0.15) is 0 Å². The van der Waals surface area contributed by atoms with E-state index in [4.69, 9.17) is 0 Å². The summed E-state index contributed by atoms with van der Waals surface area (Å²) in [6.45, 7) is 7.12. The van der Waals surface area contributed by atoms with Crippen molar-refractivity contribution < 1.29 is 13.2 Å². The molecule has 1 atom stereocenters. The Kier molecular flexibility index (Phi) is 7.13. The molecular formula is C17H26N2O3S2. The second kappa shape index (κ2) is 8.87. The van der Waals surface area contributed by atoms with Gasteiger partial charge in [-0.1, -0.05) is 26.0 Å². The number of rotatable bonds is 8. The van der Waals surface area contributed by atoms with Crippen molar-refractivity contribution in [2.45, 2.75) is 32.1 Å². The normalized spacial score (nSPS) is 19.5. The number of thioether (sulfide) groups is 1. The van der Waals surface area contributed by atoms with Gasteiger partial charge in [0.25, 0.3) is 0 Å². The molecular weight excluding hydrogens is 344 g/mol. The van der Waals surface area contributed by atoms with Crippen molar-refractivity contribution in [3.8, 4) is 0 Å². The third-order valence-electron chi connectivity index (χ3n) is 4.15. The van der Waals surface area contributed by atoms with Crippen molar-refractivity contribution in [1.29, 1.82) is 0 Å². The molecule has 1 aliphatic heterocycles. The zero-order chi connectivity index (χ0) is 17.6. The lowest BCUT2D eigenvalue weighted by Crippen LogP contribution is -2.22. The molecule has 0 unspecified atom stereocenters. The first kappa shape index (κ1) is 19.3. The van der Waals surface area contributed by atoms with E-state index < -0.39 is 9.84 Å². The van der Waals surface area contributed by atoms with Crippen molar-refractivity contribution >= 4 is 33.2 Å². The lowest BCUT2D eigenvalue weighted by atomic mass is 10.2. The van der Waals surface area contributed by atoms with Gasteiger partial charge in [-0.25, -0.2) is 8.42 Å². The van der Waals surface area contributed by atoms with E-state index in [1.807, 2.05) is 18.2 Å². The average Bonchev–Trinajstić information content (AvgIpc) is 2.90. The second-order valence-corrected chi connectivity index (χ2v) is 9.56. The van der Waals surface area contributed by atoms with Gasteiger partial charge in [-0.3, -0.25) is 9.69 Å². The number of carbonyl (C=O) groups excluding carboxylic acids is 1. The highest BCUT2D eigenvalue weighted by Gasteiger charge is 2.28. The largest absolute Gasteiger partial charge is 0.325 e. The molecule has 2 rings (SSSR count). The summed E-state index contributed by atoms with van der Waals surface area (Å²) in [5.74, 6) is 0.661. The Morgan fingerprint density at radius 2 is 2.08 bits per heavy atom. The highest BCUT2D eigenvalue weighted by molar-refractivity contribution is 8.02. The zero-order valence-corrected chi connectivity index (χ0v) is 16.0. The van der Waals surface area contributed by atoms with Crippen LogP contribution in [0.4, 0.5) is 5.69 Å². The van der Waals surface area contributed by atoms with Crippen LogP contribution >= 0.6 is 11.8 Å². The van der Waals surface area contributed by atoms with E-state index in [1.54, 1.807) is 0 Å². The smallest absolute Gasteiger partial charge is 0.234 e. The van der Waals surface area contributed by atoms with Gasteiger partial charge in [0.1, 0.15) is 0 Å². The first-order valence-electron chi connectivity index (χ1n) is 8.35. The van der Waals surface area contributed by atoms with Crippen LogP contribution in [-0.4, -0.2) is 54.8 Å². The summed E-state index contributed by atoms with van der Waals surface area (Å²) in [5.41, 5.74) is 1.97. The standard InChI is InChI=1S/C17H26N2O3S2/c1-3-19(4-2)11-14-6-5-7-15(10-14)18-17(20)12-23-16-8-9-24(21,22)13-16/h5-7,10,16H,3-4,8-9,11-13H2,1-2H3,(H,18,20)/t16-/m1/s1. The van der Waals surface area contributed by atoms with E-state index in [9.17, 15) is 13.2 Å². The highest BCUT2D eigenvalue weighted by Crippen LogP contribution is 2.24. The Balaban J connectivity index is 1.83. The molecule has 1 amide bonds. The molecule has 1 saturated heterocycles. The lowest BCUT2D eigenvalue weighted by molar-refractivity contribution is -0.113. The number of carbonyl (C=O) groups is 1. The Labute approximate surface area is 149 Å². The van der Waals surface area contributed by atoms with Crippen molar-refractivity contribution in [3.05, 3.63) is 29.8 Å². The van der Waals surface area contributed by atoms with Gasteiger partial charge in [0.15, 0.2) is 9.84 Å². The number of nitrogens with one attached hydrogen (secondary N) is 1. The van der Waals surface area contributed by atoms with Crippen LogP contribution in [0, 0.1) is 0 Å². The lowest BCUT2D eigenvalue weighted by Gasteiger charge is -2.18. The fourth-order valence-corrected chi connectivity index (χ4v) is 6.18. The van der Waals surface area contributed by atoms with Crippen molar-refractivity contribution in [2.75, 3.05) is 35.7 Å². The molecule has 24 heavy (non-hydrogen) atoms. The molecule has 1 aliphatic rings. The number of benzene rings is 1. The van der Waals surface area contributed by atoms with Crippen LogP contribution in [0.1, 0.15) is 25.8 Å². The number of hydrogen-bond donors (Lipinski definition) is 1. The Hall–Kier alpha value is -1.05. The van der Waals surface area contributed by atoms with Gasteiger partial charge >= 0.3 is 0 Å². The summed E-state index contributed by atoms with van der Waals surface area (Å²) in [6.07, 6.45) is 0.652. The summed E-state index contributed by atoms with van der Waals surface area (Å²) in [4.78, 5) is 14.4. The van der Waals surface area contributed by atoms with Gasteiger partial charge in [0.05, 0.1) is 17.3 Å². The SMILES string of the molecule is CCN(CC)Cc1cccc(NC(=O)CS[C@@H]2CCS(=O)(=O)C2)c1. The minimum absolute atomic E-state index is 0.0507. The monoisotopic (exact) mass is 370 g/mol. The Bertz CT molecular complexity index is 658. The summed E-state index contributed by atoms with van der Waals surface area (Å²) in [6, 6.07) is 7.90. The molecule has 0 bridgehead atoms. The molecule has 1 aromatic carbocycles. The van der Waals surface area contributed by atoms with E-state index in [0.29, 0.717) is 12.2 Å². The molecule has 5 nitrogen and oxygen atoms in total. The van der Waals surface area contributed by atoms with E-state index in [0.717, 1.165) is 25.3 Å². The predicted octanol–water partition coefficient (Wildman–Crippen LogP) is 2.39. The molecule has 1 fully saturated rings. The first-order valence-corrected chi connectivity index (χ1v) is 11.2. The van der Waals surface area contributed by atoms with Crippen molar-refractivity contribution in [3.63, 3.8) is 0 Å². The fourth-order valence-electron chi connectivity index (χ4n) is 2.74. The van der Waals surface area contributed by atoms with E-state index in [2.05, 4.69) is 30.1 Å². The molecule has 0 spiro atoms. The first-order chi connectivity index (χ1) is 11.4. The van der Waals surface area contributed by atoms with Gasteiger partial charge < -0.3 is 5.32 Å². The van der Waals surface area contributed by atoms with Crippen LogP contribution in [0.5, 0.6) is 0 Å². The van der Waals surface area contributed by atoms with E-state index in [-0.39, 0.29) is 22.7 Å². The molecule has 0 radical (unpaired) electrons. The Morgan fingerprint density at radius 3 is 2.71 bits per heavy atom. The molecule has 0 aromatic heterocycles. The van der Waals surface area contributed by atoms with Crippen molar-refractivity contribution in [2.24, 2.45) is 0 Å². The molecule has 134 valence electrons. The van der Waals surface area contributed by atoms with Gasteiger partial charge in [-0.15, -0.1) is 11.8 Å². The minimum Gasteiger partial charge on any atom is -0.325 e. The van der Waals surface area contributed by atoms with E-state index in [1.165, 1.54) is 17.3 Å². The number of anilines is 1. The molecule has 0 aliphatic carbocycles. The topological polar surface area (TPSA) is 66.5 Å². The minimum atomic E-state index is -2.88. The molecule has 0 saturated carbocycles. The summed E-state index contributed by atoms with van der Waals surface area (Å²) < 4.78 is 22.9. The maximum absolute atomic E-state index is 12.1.